The highest BCUT2D eigenvalue weighted by Gasteiger charge is 2.26. The third-order valence-electron chi connectivity index (χ3n) is 1.43. The van der Waals surface area contributed by atoms with Crippen molar-refractivity contribution in [2.75, 3.05) is 0 Å². The minimum Gasteiger partial charge on any atom is -0.450 e. The van der Waals surface area contributed by atoms with E-state index in [0.717, 1.165) is 0 Å². The normalized spacial score (nSPS) is 9.67. The van der Waals surface area contributed by atoms with Gasteiger partial charge in [-0.2, -0.15) is 8.78 Å². The van der Waals surface area contributed by atoms with E-state index in [1.807, 2.05) is 5.73 Å². The topological polar surface area (TPSA) is 9.23 Å². The van der Waals surface area contributed by atoms with Crippen LogP contribution in [-0.2, 0) is 0 Å². The molecule has 0 amide bonds. The zero-order valence-electron chi connectivity index (χ0n) is 7.08. The summed E-state index contributed by atoms with van der Waals surface area (Å²) in [5.41, 5.74) is 1.95. The maximum Gasteiger partial charge on any atom is 0.207 e. The summed E-state index contributed by atoms with van der Waals surface area (Å²) in [7, 11) is 0. The SMILES string of the molecule is C=C=COc1c(F)c(F)c(F)c(F)c1F. The van der Waals surface area contributed by atoms with Crippen molar-refractivity contribution in [1.29, 1.82) is 0 Å². The Morgan fingerprint density at radius 3 is 1.67 bits per heavy atom. The number of hydrogen-bond acceptors (Lipinski definition) is 1. The molecule has 0 atom stereocenters. The first-order valence-electron chi connectivity index (χ1n) is 3.53. The fraction of sp³-hybridized carbons (Fsp3) is 0. The van der Waals surface area contributed by atoms with Crippen LogP contribution in [0.2, 0.25) is 0 Å². The van der Waals surface area contributed by atoms with Crippen molar-refractivity contribution in [2.24, 2.45) is 0 Å². The van der Waals surface area contributed by atoms with Gasteiger partial charge in [0.1, 0.15) is 6.26 Å². The van der Waals surface area contributed by atoms with Gasteiger partial charge in [0.2, 0.25) is 34.8 Å². The predicted octanol–water partition coefficient (Wildman–Crippen LogP) is 3.06. The minimum absolute atomic E-state index is 0.568. The molecule has 15 heavy (non-hydrogen) atoms. The molecule has 1 nitrogen and oxygen atoms in total. The molecule has 6 heteroatoms. The van der Waals surface area contributed by atoms with E-state index in [2.05, 4.69) is 11.3 Å². The first-order valence-corrected chi connectivity index (χ1v) is 3.53. The number of ether oxygens (including phenoxy) is 1. The average Bonchev–Trinajstić information content (AvgIpc) is 2.24. The van der Waals surface area contributed by atoms with Gasteiger partial charge in [-0.3, -0.25) is 0 Å². The van der Waals surface area contributed by atoms with Gasteiger partial charge in [-0.15, -0.1) is 0 Å². The monoisotopic (exact) mass is 222 g/mol. The Balaban J connectivity index is 3.44. The van der Waals surface area contributed by atoms with E-state index < -0.39 is 34.8 Å². The van der Waals surface area contributed by atoms with Gasteiger partial charge >= 0.3 is 0 Å². The van der Waals surface area contributed by atoms with E-state index >= 15 is 0 Å². The molecule has 0 saturated carbocycles. The summed E-state index contributed by atoms with van der Waals surface area (Å²) in [5, 5.41) is 0. The molecule has 1 rings (SSSR count). The largest absolute Gasteiger partial charge is 0.450 e. The highest BCUT2D eigenvalue weighted by Crippen LogP contribution is 2.28. The van der Waals surface area contributed by atoms with E-state index in [4.69, 9.17) is 0 Å². The molecule has 0 aliphatic heterocycles. The van der Waals surface area contributed by atoms with Crippen LogP contribution in [0.3, 0.4) is 0 Å². The van der Waals surface area contributed by atoms with E-state index in [0.29, 0.717) is 6.26 Å². The summed E-state index contributed by atoms with van der Waals surface area (Å²) in [6.07, 6.45) is 0.568. The summed E-state index contributed by atoms with van der Waals surface area (Å²) in [5.74, 6) is -11.8. The average molecular weight is 222 g/mol. The van der Waals surface area contributed by atoms with Crippen molar-refractivity contribution in [3.05, 3.63) is 47.7 Å². The lowest BCUT2D eigenvalue weighted by molar-refractivity contribution is 0.331. The molecule has 0 N–H and O–H groups in total. The van der Waals surface area contributed by atoms with Gasteiger partial charge in [0.15, 0.2) is 0 Å². The molecule has 80 valence electrons. The zero-order valence-corrected chi connectivity index (χ0v) is 7.08. The lowest BCUT2D eigenvalue weighted by Crippen LogP contribution is -2.03. The van der Waals surface area contributed by atoms with E-state index in [1.54, 1.807) is 0 Å². The molecule has 0 heterocycles. The van der Waals surface area contributed by atoms with Crippen LogP contribution < -0.4 is 4.74 Å². The smallest absolute Gasteiger partial charge is 0.207 e. The Morgan fingerprint density at radius 2 is 1.27 bits per heavy atom. The maximum atomic E-state index is 12.8. The van der Waals surface area contributed by atoms with Gasteiger partial charge in [0.25, 0.3) is 0 Å². The second-order valence-electron chi connectivity index (χ2n) is 2.34. The van der Waals surface area contributed by atoms with Crippen molar-refractivity contribution in [3.63, 3.8) is 0 Å². The maximum absolute atomic E-state index is 12.8. The Hall–Kier alpha value is -1.81. The van der Waals surface area contributed by atoms with Crippen LogP contribution in [0.4, 0.5) is 22.0 Å². The summed E-state index contributed by atoms with van der Waals surface area (Å²) in [4.78, 5) is 0. The second-order valence-corrected chi connectivity index (χ2v) is 2.34. The van der Waals surface area contributed by atoms with Crippen LogP contribution in [0, 0.1) is 29.1 Å². The van der Waals surface area contributed by atoms with Crippen LogP contribution in [0.1, 0.15) is 0 Å². The Labute approximate surface area is 81.1 Å². The summed E-state index contributed by atoms with van der Waals surface area (Å²) in [6.45, 7) is 2.99. The molecule has 0 radical (unpaired) electrons. The standard InChI is InChI=1S/C9H3F5O/c1-2-3-15-9-7(13)5(11)4(10)6(12)8(9)14/h3H,1H2. The summed E-state index contributed by atoms with van der Waals surface area (Å²) in [6, 6.07) is 0. The van der Waals surface area contributed by atoms with Crippen LogP contribution in [0.15, 0.2) is 18.6 Å². The van der Waals surface area contributed by atoms with Gasteiger partial charge in [0, 0.05) is 0 Å². The molecule has 0 aromatic heterocycles. The zero-order chi connectivity index (χ0) is 11.6. The fourth-order valence-corrected chi connectivity index (χ4v) is 0.789. The Bertz CT molecular complexity index is 419. The Kier molecular flexibility index (Phi) is 3.11. The van der Waals surface area contributed by atoms with Gasteiger partial charge in [-0.1, -0.05) is 12.3 Å². The van der Waals surface area contributed by atoms with Gasteiger partial charge in [-0.25, -0.2) is 13.2 Å². The molecule has 0 aliphatic carbocycles. The predicted molar refractivity (Wildman–Crippen MR) is 40.6 cm³/mol. The van der Waals surface area contributed by atoms with Gasteiger partial charge in [0.05, 0.1) is 0 Å². The minimum atomic E-state index is -2.24. The molecular weight excluding hydrogens is 219 g/mol. The molecule has 0 bridgehead atoms. The van der Waals surface area contributed by atoms with Crippen LogP contribution >= 0.6 is 0 Å². The highest BCUT2D eigenvalue weighted by atomic mass is 19.2. The van der Waals surface area contributed by atoms with Crippen LogP contribution in [-0.4, -0.2) is 0 Å². The van der Waals surface area contributed by atoms with E-state index in [1.165, 1.54) is 0 Å². The number of hydrogen-bond donors (Lipinski definition) is 0. The first kappa shape index (κ1) is 11.3. The molecule has 1 aromatic carbocycles. The highest BCUT2D eigenvalue weighted by molar-refractivity contribution is 5.30. The lowest BCUT2D eigenvalue weighted by atomic mass is 10.3. The molecule has 0 aliphatic rings. The van der Waals surface area contributed by atoms with Crippen molar-refractivity contribution in [3.8, 4) is 5.75 Å². The number of benzene rings is 1. The third kappa shape index (κ3) is 1.85. The molecule has 0 fully saturated rings. The van der Waals surface area contributed by atoms with Crippen LogP contribution in [0.25, 0.3) is 0 Å². The van der Waals surface area contributed by atoms with Crippen molar-refractivity contribution in [2.45, 2.75) is 0 Å². The quantitative estimate of drug-likeness (QED) is 0.245. The summed E-state index contributed by atoms with van der Waals surface area (Å²) < 4.78 is 67.3. The van der Waals surface area contributed by atoms with Gasteiger partial charge in [-0.05, 0) is 0 Å². The molecule has 0 spiro atoms. The second kappa shape index (κ2) is 4.14. The summed E-state index contributed by atoms with van der Waals surface area (Å²) >= 11 is 0. The molecule has 0 unspecified atom stereocenters. The van der Waals surface area contributed by atoms with Crippen molar-refractivity contribution in [1.82, 2.24) is 0 Å². The molecular formula is C9H3F5O. The lowest BCUT2D eigenvalue weighted by Gasteiger charge is -2.05. The van der Waals surface area contributed by atoms with Crippen molar-refractivity contribution >= 4 is 0 Å². The third-order valence-corrected chi connectivity index (χ3v) is 1.43. The van der Waals surface area contributed by atoms with E-state index in [9.17, 15) is 22.0 Å². The molecule has 0 saturated heterocycles. The number of halogens is 5. The molecule has 1 aromatic rings. The van der Waals surface area contributed by atoms with E-state index in [-0.39, 0.29) is 0 Å². The van der Waals surface area contributed by atoms with Crippen LogP contribution in [0.5, 0.6) is 5.75 Å². The van der Waals surface area contributed by atoms with Crippen molar-refractivity contribution < 1.29 is 26.7 Å². The Morgan fingerprint density at radius 1 is 0.867 bits per heavy atom. The van der Waals surface area contributed by atoms with Gasteiger partial charge < -0.3 is 4.74 Å². The fourth-order valence-electron chi connectivity index (χ4n) is 0.789. The first-order chi connectivity index (χ1) is 7.00. The number of rotatable bonds is 2.